The number of carbonyl (C=O) groups excluding carboxylic acids is 1. The summed E-state index contributed by atoms with van der Waals surface area (Å²) in [6.45, 7) is 5.63. The number of amides is 1. The summed E-state index contributed by atoms with van der Waals surface area (Å²) < 4.78 is 5.45. The molecule has 8 heteroatoms. The van der Waals surface area contributed by atoms with Gasteiger partial charge in [-0.15, -0.1) is 0 Å². The number of nitro groups is 1. The SMILES string of the molecule is CC(C(=O)Nc1ccc([N+](=O)[O-])cc1)N(C)Cc1ccccc1N1CCOCC1. The van der Waals surface area contributed by atoms with Gasteiger partial charge in [-0.05, 0) is 37.7 Å². The third kappa shape index (κ3) is 5.30. The fourth-order valence-corrected chi connectivity index (χ4v) is 3.28. The van der Waals surface area contributed by atoms with E-state index in [1.165, 1.54) is 30.0 Å². The van der Waals surface area contributed by atoms with Crippen molar-refractivity contribution in [2.75, 3.05) is 43.6 Å². The minimum absolute atomic E-state index is 0.00659. The maximum absolute atomic E-state index is 12.6. The monoisotopic (exact) mass is 398 g/mol. The van der Waals surface area contributed by atoms with Crippen LogP contribution >= 0.6 is 0 Å². The highest BCUT2D eigenvalue weighted by molar-refractivity contribution is 5.94. The van der Waals surface area contributed by atoms with E-state index in [2.05, 4.69) is 22.3 Å². The smallest absolute Gasteiger partial charge is 0.269 e. The lowest BCUT2D eigenvalue weighted by atomic mass is 10.1. The van der Waals surface area contributed by atoms with Crippen molar-refractivity contribution in [3.05, 3.63) is 64.2 Å². The Bertz CT molecular complexity index is 850. The molecule has 154 valence electrons. The van der Waals surface area contributed by atoms with E-state index in [9.17, 15) is 14.9 Å². The lowest BCUT2D eigenvalue weighted by molar-refractivity contribution is -0.384. The molecule has 1 fully saturated rings. The third-order valence-electron chi connectivity index (χ3n) is 5.15. The first-order chi connectivity index (χ1) is 14.0. The van der Waals surface area contributed by atoms with E-state index in [0.29, 0.717) is 12.2 Å². The summed E-state index contributed by atoms with van der Waals surface area (Å²) in [6, 6.07) is 13.7. The molecule has 0 saturated carbocycles. The van der Waals surface area contributed by atoms with Gasteiger partial charge < -0.3 is 15.0 Å². The van der Waals surface area contributed by atoms with Crippen LogP contribution < -0.4 is 10.2 Å². The van der Waals surface area contributed by atoms with E-state index in [4.69, 9.17) is 4.74 Å². The Hall–Kier alpha value is -2.97. The molecule has 1 saturated heterocycles. The number of likely N-dealkylation sites (N-methyl/N-ethyl adjacent to an activating group) is 1. The number of morpholine rings is 1. The highest BCUT2D eigenvalue weighted by Crippen LogP contribution is 2.23. The number of nitrogens with one attached hydrogen (secondary N) is 1. The Morgan fingerprint density at radius 2 is 1.86 bits per heavy atom. The molecule has 2 aromatic rings. The number of non-ortho nitro benzene ring substituents is 1. The standard InChI is InChI=1S/C21H26N4O4/c1-16(21(26)22-18-7-9-19(10-8-18)25(27)28)23(2)15-17-5-3-4-6-20(17)24-11-13-29-14-12-24/h3-10,16H,11-15H2,1-2H3,(H,22,26). The van der Waals surface area contributed by atoms with Gasteiger partial charge in [-0.2, -0.15) is 0 Å². The van der Waals surface area contributed by atoms with Crippen LogP contribution in [0.3, 0.4) is 0 Å². The summed E-state index contributed by atoms with van der Waals surface area (Å²) in [7, 11) is 1.91. The van der Waals surface area contributed by atoms with Crippen LogP contribution in [0.1, 0.15) is 12.5 Å². The molecule has 1 N–H and O–H groups in total. The molecule has 2 aromatic carbocycles. The second-order valence-corrected chi connectivity index (χ2v) is 7.11. The largest absolute Gasteiger partial charge is 0.378 e. The minimum Gasteiger partial charge on any atom is -0.378 e. The predicted octanol–water partition coefficient (Wildman–Crippen LogP) is 2.89. The maximum atomic E-state index is 12.6. The Kier molecular flexibility index (Phi) is 6.79. The van der Waals surface area contributed by atoms with E-state index >= 15 is 0 Å². The van der Waals surface area contributed by atoms with Gasteiger partial charge in [0, 0.05) is 43.1 Å². The van der Waals surface area contributed by atoms with E-state index < -0.39 is 4.92 Å². The number of carbonyl (C=O) groups is 1. The molecule has 0 bridgehead atoms. The average molecular weight is 398 g/mol. The molecule has 1 atom stereocenters. The number of hydrogen-bond donors (Lipinski definition) is 1. The van der Waals surface area contributed by atoms with Crippen molar-refractivity contribution in [1.29, 1.82) is 0 Å². The zero-order chi connectivity index (χ0) is 20.8. The molecular formula is C21H26N4O4. The lowest BCUT2D eigenvalue weighted by Crippen LogP contribution is -2.40. The second kappa shape index (κ2) is 9.49. The zero-order valence-electron chi connectivity index (χ0n) is 16.7. The fourth-order valence-electron chi connectivity index (χ4n) is 3.28. The molecule has 1 unspecified atom stereocenters. The molecule has 0 aromatic heterocycles. The summed E-state index contributed by atoms with van der Waals surface area (Å²) in [5.74, 6) is -0.162. The molecule has 1 amide bonds. The van der Waals surface area contributed by atoms with Crippen molar-refractivity contribution >= 4 is 23.0 Å². The number of anilines is 2. The zero-order valence-corrected chi connectivity index (χ0v) is 16.7. The van der Waals surface area contributed by atoms with Crippen molar-refractivity contribution in [1.82, 2.24) is 4.90 Å². The van der Waals surface area contributed by atoms with Crippen LogP contribution in [-0.4, -0.2) is 55.1 Å². The van der Waals surface area contributed by atoms with Crippen LogP contribution in [0.25, 0.3) is 0 Å². The summed E-state index contributed by atoms with van der Waals surface area (Å²) >= 11 is 0. The van der Waals surface area contributed by atoms with E-state index in [1.54, 1.807) is 0 Å². The third-order valence-corrected chi connectivity index (χ3v) is 5.15. The van der Waals surface area contributed by atoms with Crippen molar-refractivity contribution < 1.29 is 14.5 Å². The minimum atomic E-state index is -0.464. The molecular weight excluding hydrogens is 372 g/mol. The van der Waals surface area contributed by atoms with Gasteiger partial charge in [0.15, 0.2) is 0 Å². The number of nitrogens with zero attached hydrogens (tertiary/aromatic N) is 3. The van der Waals surface area contributed by atoms with Crippen LogP contribution in [0.4, 0.5) is 17.1 Å². The Morgan fingerprint density at radius 1 is 1.21 bits per heavy atom. The topological polar surface area (TPSA) is 87.9 Å². The first kappa shape index (κ1) is 20.8. The summed E-state index contributed by atoms with van der Waals surface area (Å²) in [6.07, 6.45) is 0. The summed E-state index contributed by atoms with van der Waals surface area (Å²) in [5, 5.41) is 13.6. The van der Waals surface area contributed by atoms with Gasteiger partial charge in [-0.25, -0.2) is 0 Å². The van der Waals surface area contributed by atoms with Gasteiger partial charge >= 0.3 is 0 Å². The molecule has 0 radical (unpaired) electrons. The van der Waals surface area contributed by atoms with Crippen molar-refractivity contribution in [2.45, 2.75) is 19.5 Å². The van der Waals surface area contributed by atoms with Gasteiger partial charge in [0.25, 0.3) is 5.69 Å². The number of hydrogen-bond acceptors (Lipinski definition) is 6. The fraction of sp³-hybridized carbons (Fsp3) is 0.381. The van der Waals surface area contributed by atoms with Gasteiger partial charge in [-0.3, -0.25) is 19.8 Å². The molecule has 29 heavy (non-hydrogen) atoms. The van der Waals surface area contributed by atoms with Crippen molar-refractivity contribution in [2.24, 2.45) is 0 Å². The highest BCUT2D eigenvalue weighted by atomic mass is 16.6. The van der Waals surface area contributed by atoms with E-state index in [0.717, 1.165) is 31.9 Å². The number of rotatable bonds is 7. The quantitative estimate of drug-likeness (QED) is 0.570. The number of para-hydroxylation sites is 1. The molecule has 8 nitrogen and oxygen atoms in total. The van der Waals surface area contributed by atoms with Crippen molar-refractivity contribution in [3.63, 3.8) is 0 Å². The molecule has 0 aliphatic carbocycles. The summed E-state index contributed by atoms with van der Waals surface area (Å²) in [5.41, 5.74) is 2.86. The van der Waals surface area contributed by atoms with Crippen LogP contribution in [0.5, 0.6) is 0 Å². The first-order valence-electron chi connectivity index (χ1n) is 9.62. The lowest BCUT2D eigenvalue weighted by Gasteiger charge is -2.32. The maximum Gasteiger partial charge on any atom is 0.269 e. The molecule has 1 aliphatic heterocycles. The second-order valence-electron chi connectivity index (χ2n) is 7.11. The van der Waals surface area contributed by atoms with E-state index in [1.807, 2.05) is 31.0 Å². The van der Waals surface area contributed by atoms with Crippen molar-refractivity contribution in [3.8, 4) is 0 Å². The molecule has 1 aliphatic rings. The first-order valence-corrected chi connectivity index (χ1v) is 9.62. The van der Waals surface area contributed by atoms with Crippen LogP contribution in [0.2, 0.25) is 0 Å². The van der Waals surface area contributed by atoms with Gasteiger partial charge in [0.05, 0.1) is 24.2 Å². The molecule has 3 rings (SSSR count). The Labute approximate surface area is 170 Å². The predicted molar refractivity (Wildman–Crippen MR) is 112 cm³/mol. The molecule has 1 heterocycles. The summed E-state index contributed by atoms with van der Waals surface area (Å²) in [4.78, 5) is 27.2. The number of benzene rings is 2. The Morgan fingerprint density at radius 3 is 2.52 bits per heavy atom. The average Bonchev–Trinajstić information content (AvgIpc) is 2.74. The number of nitro benzene ring substituents is 1. The molecule has 0 spiro atoms. The van der Waals surface area contributed by atoms with Gasteiger partial charge in [-0.1, -0.05) is 18.2 Å². The van der Waals surface area contributed by atoms with Gasteiger partial charge in [0.1, 0.15) is 0 Å². The Balaban J connectivity index is 1.63. The highest BCUT2D eigenvalue weighted by Gasteiger charge is 2.21. The normalized spacial score (nSPS) is 15.2. The van der Waals surface area contributed by atoms with E-state index in [-0.39, 0.29) is 17.6 Å². The van der Waals surface area contributed by atoms with Crippen LogP contribution in [-0.2, 0) is 16.1 Å². The van der Waals surface area contributed by atoms with Gasteiger partial charge in [0.2, 0.25) is 5.91 Å². The number of ether oxygens (including phenoxy) is 1. The van der Waals surface area contributed by atoms with Crippen LogP contribution in [0, 0.1) is 10.1 Å². The van der Waals surface area contributed by atoms with Crippen LogP contribution in [0.15, 0.2) is 48.5 Å².